The van der Waals surface area contributed by atoms with Gasteiger partial charge in [-0.15, -0.1) is 0 Å². The summed E-state index contributed by atoms with van der Waals surface area (Å²) in [6.07, 6.45) is 0. The Kier molecular flexibility index (Phi) is 4.85. The Morgan fingerprint density at radius 3 is 2.44 bits per heavy atom. The minimum atomic E-state index is -0.583. The van der Waals surface area contributed by atoms with Crippen LogP contribution >= 0.6 is 0 Å². The maximum Gasteiger partial charge on any atom is 0.227 e. The van der Waals surface area contributed by atoms with Gasteiger partial charge in [-0.05, 0) is 31.2 Å². The van der Waals surface area contributed by atoms with Crippen LogP contribution in [0.2, 0.25) is 0 Å². The van der Waals surface area contributed by atoms with Gasteiger partial charge >= 0.3 is 0 Å². The van der Waals surface area contributed by atoms with E-state index in [4.69, 9.17) is 0 Å². The highest BCUT2D eigenvalue weighted by Crippen LogP contribution is 2.29. The number of nitrogens with zero attached hydrogens (tertiary/aromatic N) is 3. The fourth-order valence-corrected chi connectivity index (χ4v) is 3.38. The van der Waals surface area contributed by atoms with E-state index in [1.807, 2.05) is 24.3 Å². The second kappa shape index (κ2) is 7.44. The summed E-state index contributed by atoms with van der Waals surface area (Å²) in [5.41, 5.74) is 0.800. The molecule has 5 nitrogen and oxygen atoms in total. The Hall–Kier alpha value is -2.80. The Labute approximate surface area is 156 Å². The van der Waals surface area contributed by atoms with Crippen LogP contribution in [-0.2, 0) is 0 Å². The van der Waals surface area contributed by atoms with Crippen molar-refractivity contribution in [1.29, 1.82) is 0 Å². The summed E-state index contributed by atoms with van der Waals surface area (Å²) in [6, 6.07) is 11.0. The Balaban J connectivity index is 1.73. The minimum Gasteiger partial charge on any atom is -0.363 e. The summed E-state index contributed by atoms with van der Waals surface area (Å²) in [4.78, 5) is 11.5. The Bertz CT molecular complexity index is 936. The highest BCUT2D eigenvalue weighted by Gasteiger charge is 2.20. The molecule has 1 unspecified atom stereocenters. The SMILES string of the molecule is CC(Nc1nc(N2CCNCC2)nc2ccccc12)c1c(F)cccc1F. The third-order valence-electron chi connectivity index (χ3n) is 4.78. The third-order valence-corrected chi connectivity index (χ3v) is 4.78. The van der Waals surface area contributed by atoms with Crippen molar-refractivity contribution in [2.24, 2.45) is 0 Å². The van der Waals surface area contributed by atoms with Gasteiger partial charge in [0.1, 0.15) is 17.5 Å². The van der Waals surface area contributed by atoms with E-state index in [1.54, 1.807) is 6.92 Å². The van der Waals surface area contributed by atoms with Crippen LogP contribution in [0, 0.1) is 11.6 Å². The molecule has 0 radical (unpaired) electrons. The Morgan fingerprint density at radius 1 is 1.00 bits per heavy atom. The monoisotopic (exact) mass is 369 g/mol. The molecule has 4 rings (SSSR count). The number of benzene rings is 2. The summed E-state index contributed by atoms with van der Waals surface area (Å²) in [5, 5.41) is 7.31. The van der Waals surface area contributed by atoms with E-state index in [2.05, 4.69) is 25.5 Å². The van der Waals surface area contributed by atoms with Crippen LogP contribution in [0.15, 0.2) is 42.5 Å². The maximum absolute atomic E-state index is 14.2. The molecule has 0 bridgehead atoms. The quantitative estimate of drug-likeness (QED) is 0.737. The summed E-state index contributed by atoms with van der Waals surface area (Å²) >= 11 is 0. The smallest absolute Gasteiger partial charge is 0.227 e. The van der Waals surface area contributed by atoms with Crippen molar-refractivity contribution in [3.8, 4) is 0 Å². The van der Waals surface area contributed by atoms with Crippen LogP contribution in [-0.4, -0.2) is 36.1 Å². The van der Waals surface area contributed by atoms with Crippen molar-refractivity contribution < 1.29 is 8.78 Å². The van der Waals surface area contributed by atoms with Crippen molar-refractivity contribution >= 4 is 22.7 Å². The average Bonchev–Trinajstić information content (AvgIpc) is 2.68. The third kappa shape index (κ3) is 3.55. The van der Waals surface area contributed by atoms with Gasteiger partial charge in [-0.1, -0.05) is 18.2 Å². The second-order valence-corrected chi connectivity index (χ2v) is 6.63. The molecule has 140 valence electrons. The van der Waals surface area contributed by atoms with Crippen LogP contribution < -0.4 is 15.5 Å². The molecule has 2 heterocycles. The number of anilines is 2. The van der Waals surface area contributed by atoms with Gasteiger partial charge in [0.05, 0.1) is 11.6 Å². The lowest BCUT2D eigenvalue weighted by molar-refractivity contribution is 0.543. The molecular weight excluding hydrogens is 348 g/mol. The van der Waals surface area contributed by atoms with Crippen molar-refractivity contribution in [3.05, 3.63) is 59.7 Å². The van der Waals surface area contributed by atoms with E-state index in [0.717, 1.165) is 37.1 Å². The lowest BCUT2D eigenvalue weighted by Gasteiger charge is -2.28. The zero-order chi connectivity index (χ0) is 18.8. The molecule has 1 aliphatic heterocycles. The van der Waals surface area contributed by atoms with Gasteiger partial charge in [-0.3, -0.25) is 0 Å². The highest BCUT2D eigenvalue weighted by atomic mass is 19.1. The van der Waals surface area contributed by atoms with Gasteiger partial charge in [0.25, 0.3) is 0 Å². The number of hydrogen-bond acceptors (Lipinski definition) is 5. The molecule has 1 aliphatic rings. The van der Waals surface area contributed by atoms with Gasteiger partial charge in [0, 0.05) is 37.1 Å². The number of piperazine rings is 1. The van der Waals surface area contributed by atoms with Gasteiger partial charge < -0.3 is 15.5 Å². The van der Waals surface area contributed by atoms with E-state index in [1.165, 1.54) is 18.2 Å². The summed E-state index contributed by atoms with van der Waals surface area (Å²) in [6.45, 7) is 5.10. The van der Waals surface area contributed by atoms with Crippen LogP contribution in [0.25, 0.3) is 10.9 Å². The van der Waals surface area contributed by atoms with Crippen LogP contribution in [0.4, 0.5) is 20.5 Å². The lowest BCUT2D eigenvalue weighted by atomic mass is 10.1. The number of rotatable bonds is 4. The average molecular weight is 369 g/mol. The normalized spacial score (nSPS) is 15.7. The highest BCUT2D eigenvalue weighted by molar-refractivity contribution is 5.90. The number of fused-ring (bicyclic) bond motifs is 1. The topological polar surface area (TPSA) is 53.1 Å². The van der Waals surface area contributed by atoms with Gasteiger partial charge in [-0.2, -0.15) is 4.98 Å². The van der Waals surface area contributed by atoms with Gasteiger partial charge in [0.15, 0.2) is 0 Å². The molecule has 7 heteroatoms. The molecule has 27 heavy (non-hydrogen) atoms. The lowest BCUT2D eigenvalue weighted by Crippen LogP contribution is -2.44. The summed E-state index contributed by atoms with van der Waals surface area (Å²) < 4.78 is 28.3. The summed E-state index contributed by atoms with van der Waals surface area (Å²) in [7, 11) is 0. The van der Waals surface area contributed by atoms with E-state index in [9.17, 15) is 8.78 Å². The number of nitrogens with one attached hydrogen (secondary N) is 2. The zero-order valence-corrected chi connectivity index (χ0v) is 15.0. The number of hydrogen-bond donors (Lipinski definition) is 2. The first-order chi connectivity index (χ1) is 13.1. The standard InChI is InChI=1S/C20H21F2N5/c1-13(18-15(21)6-4-7-16(18)22)24-19-14-5-2-3-8-17(14)25-20(26-19)27-11-9-23-10-12-27/h2-8,13,23H,9-12H2,1H3,(H,24,25,26). The van der Waals surface area contributed by atoms with Crippen molar-refractivity contribution in [1.82, 2.24) is 15.3 Å². The molecule has 0 saturated carbocycles. The number of halogens is 2. The first-order valence-electron chi connectivity index (χ1n) is 9.06. The molecule has 0 amide bonds. The number of aromatic nitrogens is 2. The fourth-order valence-electron chi connectivity index (χ4n) is 3.38. The molecule has 3 aromatic rings. The molecule has 2 N–H and O–H groups in total. The molecule has 2 aromatic carbocycles. The van der Waals surface area contributed by atoms with Crippen LogP contribution in [0.5, 0.6) is 0 Å². The largest absolute Gasteiger partial charge is 0.363 e. The minimum absolute atomic E-state index is 0.00363. The van der Waals surface area contributed by atoms with Gasteiger partial charge in [0.2, 0.25) is 5.95 Å². The zero-order valence-electron chi connectivity index (χ0n) is 15.0. The van der Waals surface area contributed by atoms with E-state index < -0.39 is 17.7 Å². The Morgan fingerprint density at radius 2 is 1.70 bits per heavy atom. The van der Waals surface area contributed by atoms with E-state index in [0.29, 0.717) is 11.8 Å². The first-order valence-corrected chi connectivity index (χ1v) is 9.06. The van der Waals surface area contributed by atoms with Crippen molar-refractivity contribution in [2.75, 3.05) is 36.4 Å². The summed E-state index contributed by atoms with van der Waals surface area (Å²) in [5.74, 6) is 0.0505. The fraction of sp³-hybridized carbons (Fsp3) is 0.300. The first kappa shape index (κ1) is 17.6. The second-order valence-electron chi connectivity index (χ2n) is 6.63. The van der Waals surface area contributed by atoms with E-state index >= 15 is 0 Å². The number of para-hydroxylation sites is 1. The molecule has 1 saturated heterocycles. The molecule has 1 aromatic heterocycles. The van der Waals surface area contributed by atoms with E-state index in [-0.39, 0.29) is 5.56 Å². The predicted molar refractivity (Wildman–Crippen MR) is 103 cm³/mol. The van der Waals surface area contributed by atoms with Crippen molar-refractivity contribution in [2.45, 2.75) is 13.0 Å². The molecule has 1 fully saturated rings. The molecular formula is C20H21F2N5. The molecule has 0 aliphatic carbocycles. The van der Waals surface area contributed by atoms with Gasteiger partial charge in [-0.25, -0.2) is 13.8 Å². The van der Waals surface area contributed by atoms with Crippen LogP contribution in [0.3, 0.4) is 0 Å². The molecule has 0 spiro atoms. The predicted octanol–water partition coefficient (Wildman–Crippen LogP) is 3.49. The maximum atomic E-state index is 14.2. The van der Waals surface area contributed by atoms with Crippen molar-refractivity contribution in [3.63, 3.8) is 0 Å². The van der Waals surface area contributed by atoms with Crippen LogP contribution in [0.1, 0.15) is 18.5 Å². The molecule has 1 atom stereocenters.